The van der Waals surface area contributed by atoms with Crippen LogP contribution in [0.25, 0.3) is 0 Å². The summed E-state index contributed by atoms with van der Waals surface area (Å²) in [4.78, 5) is 14.0. The van der Waals surface area contributed by atoms with Crippen molar-refractivity contribution < 1.29 is 9.26 Å². The third-order valence-corrected chi connectivity index (χ3v) is 7.49. The number of unbranched alkanes of at least 4 members (excludes halogenated alkanes) is 1. The topological polar surface area (TPSA) is 47.9 Å². The standard InChI is InChI=1S/C10H23NO3Si/c1-10(2,3)15(4,5)14-9-7-6-8-13-11-12/h6-9H2,1-5H3. The van der Waals surface area contributed by atoms with Gasteiger partial charge in [-0.25, -0.2) is 0 Å². The summed E-state index contributed by atoms with van der Waals surface area (Å²) in [6, 6.07) is 0. The van der Waals surface area contributed by atoms with Gasteiger partial charge in [0, 0.05) is 6.61 Å². The average Bonchev–Trinajstić information content (AvgIpc) is 2.09. The smallest absolute Gasteiger partial charge is 0.191 e. The highest BCUT2D eigenvalue weighted by atomic mass is 28.4. The second-order valence-corrected chi connectivity index (χ2v) is 10.0. The predicted molar refractivity (Wildman–Crippen MR) is 64.1 cm³/mol. The summed E-state index contributed by atoms with van der Waals surface area (Å²) in [6.07, 6.45) is 1.74. The molecule has 0 amide bonds. The number of rotatable bonds is 7. The Morgan fingerprint density at radius 3 is 2.13 bits per heavy atom. The number of nitrogens with zero attached hydrogens (tertiary/aromatic N) is 1. The molecule has 0 aromatic heterocycles. The summed E-state index contributed by atoms with van der Waals surface area (Å²) in [5.41, 5.74) is 0. The van der Waals surface area contributed by atoms with E-state index in [1.54, 1.807) is 0 Å². The van der Waals surface area contributed by atoms with E-state index in [0.29, 0.717) is 6.61 Å². The van der Waals surface area contributed by atoms with E-state index in [0.717, 1.165) is 19.4 Å². The van der Waals surface area contributed by atoms with E-state index in [1.165, 1.54) is 0 Å². The van der Waals surface area contributed by atoms with E-state index in [4.69, 9.17) is 4.43 Å². The molecule has 5 heteroatoms. The lowest BCUT2D eigenvalue weighted by atomic mass is 10.2. The fourth-order valence-corrected chi connectivity index (χ4v) is 1.94. The van der Waals surface area contributed by atoms with Crippen LogP contribution in [0.1, 0.15) is 33.6 Å². The Hall–Kier alpha value is -0.423. The Labute approximate surface area is 93.4 Å². The maximum atomic E-state index is 9.63. The van der Waals surface area contributed by atoms with Crippen LogP contribution in [0.5, 0.6) is 0 Å². The molecule has 0 aliphatic carbocycles. The van der Waals surface area contributed by atoms with Gasteiger partial charge in [0.15, 0.2) is 13.7 Å². The molecule has 15 heavy (non-hydrogen) atoms. The van der Waals surface area contributed by atoms with Crippen molar-refractivity contribution >= 4 is 8.32 Å². The largest absolute Gasteiger partial charge is 0.417 e. The van der Waals surface area contributed by atoms with Crippen LogP contribution >= 0.6 is 0 Å². The van der Waals surface area contributed by atoms with Crippen LogP contribution in [0, 0.1) is 4.91 Å². The van der Waals surface area contributed by atoms with Gasteiger partial charge in [-0.2, -0.15) is 0 Å². The van der Waals surface area contributed by atoms with E-state index in [9.17, 15) is 4.91 Å². The van der Waals surface area contributed by atoms with Crippen molar-refractivity contribution in [2.45, 2.75) is 51.7 Å². The summed E-state index contributed by atoms with van der Waals surface area (Å²) in [7, 11) is -1.60. The van der Waals surface area contributed by atoms with Gasteiger partial charge in [0.1, 0.15) is 6.61 Å². The maximum absolute atomic E-state index is 9.63. The van der Waals surface area contributed by atoms with Crippen molar-refractivity contribution in [1.29, 1.82) is 0 Å². The zero-order chi connectivity index (χ0) is 11.9. The summed E-state index contributed by atoms with van der Waals surface area (Å²) in [5.74, 6) is 0. The van der Waals surface area contributed by atoms with E-state index in [-0.39, 0.29) is 5.04 Å². The summed E-state index contributed by atoms with van der Waals surface area (Å²) < 4.78 is 5.95. The van der Waals surface area contributed by atoms with Crippen LogP contribution in [-0.4, -0.2) is 21.5 Å². The lowest BCUT2D eigenvalue weighted by Gasteiger charge is -2.36. The normalized spacial score (nSPS) is 12.6. The van der Waals surface area contributed by atoms with Crippen LogP contribution in [-0.2, 0) is 9.26 Å². The molecule has 0 aromatic rings. The molecule has 0 aliphatic heterocycles. The molecule has 0 saturated heterocycles. The van der Waals surface area contributed by atoms with Gasteiger partial charge < -0.3 is 9.26 Å². The SMILES string of the molecule is CC(C)(C)[Si](C)(C)OCCCCON=O. The van der Waals surface area contributed by atoms with E-state index in [2.05, 4.69) is 44.0 Å². The first-order valence-corrected chi connectivity index (χ1v) is 8.30. The summed E-state index contributed by atoms with van der Waals surface area (Å²) in [5, 5.41) is 2.60. The van der Waals surface area contributed by atoms with Gasteiger partial charge in [0.2, 0.25) is 0 Å². The Balaban J connectivity index is 3.62. The Kier molecular flexibility index (Phi) is 6.05. The number of hydrogen-bond acceptors (Lipinski definition) is 4. The molecule has 0 N–H and O–H groups in total. The molecule has 0 spiro atoms. The first kappa shape index (κ1) is 14.6. The summed E-state index contributed by atoms with van der Waals surface area (Å²) in [6.45, 7) is 12.3. The van der Waals surface area contributed by atoms with Gasteiger partial charge in [0.05, 0.1) is 0 Å². The van der Waals surface area contributed by atoms with Gasteiger partial charge in [0.25, 0.3) is 0 Å². The molecule has 0 saturated carbocycles. The van der Waals surface area contributed by atoms with Crippen molar-refractivity contribution in [3.05, 3.63) is 4.91 Å². The average molecular weight is 233 g/mol. The fourth-order valence-electron chi connectivity index (χ4n) is 0.850. The van der Waals surface area contributed by atoms with Gasteiger partial charge in [-0.15, -0.1) is 4.91 Å². The fraction of sp³-hybridized carbons (Fsp3) is 1.00. The van der Waals surface area contributed by atoms with Gasteiger partial charge in [-0.1, -0.05) is 20.8 Å². The Morgan fingerprint density at radius 2 is 1.67 bits per heavy atom. The highest BCUT2D eigenvalue weighted by Gasteiger charge is 2.36. The van der Waals surface area contributed by atoms with E-state index >= 15 is 0 Å². The molecule has 0 fully saturated rings. The van der Waals surface area contributed by atoms with Crippen molar-refractivity contribution in [2.75, 3.05) is 13.2 Å². The van der Waals surface area contributed by atoms with Crippen molar-refractivity contribution in [2.24, 2.45) is 5.34 Å². The minimum atomic E-state index is -1.60. The van der Waals surface area contributed by atoms with Crippen LogP contribution in [0.2, 0.25) is 18.1 Å². The molecule has 0 radical (unpaired) electrons. The first-order chi connectivity index (χ1) is 6.81. The molecule has 90 valence electrons. The number of hydrogen-bond donors (Lipinski definition) is 0. The van der Waals surface area contributed by atoms with E-state index in [1.807, 2.05) is 0 Å². The van der Waals surface area contributed by atoms with Gasteiger partial charge >= 0.3 is 0 Å². The second-order valence-electron chi connectivity index (χ2n) is 5.22. The maximum Gasteiger partial charge on any atom is 0.191 e. The minimum Gasteiger partial charge on any atom is -0.417 e. The molecular weight excluding hydrogens is 210 g/mol. The Morgan fingerprint density at radius 1 is 1.13 bits per heavy atom. The first-order valence-electron chi connectivity index (χ1n) is 5.40. The van der Waals surface area contributed by atoms with E-state index < -0.39 is 8.32 Å². The summed E-state index contributed by atoms with van der Waals surface area (Å²) >= 11 is 0. The minimum absolute atomic E-state index is 0.258. The van der Waals surface area contributed by atoms with Gasteiger partial charge in [-0.3, -0.25) is 0 Å². The molecule has 0 aromatic carbocycles. The molecule has 0 atom stereocenters. The molecular formula is C10H23NO3Si. The monoisotopic (exact) mass is 233 g/mol. The van der Waals surface area contributed by atoms with Crippen LogP contribution in [0.3, 0.4) is 0 Å². The molecule has 0 bridgehead atoms. The highest BCUT2D eigenvalue weighted by Crippen LogP contribution is 2.36. The molecule has 0 aliphatic rings. The zero-order valence-electron chi connectivity index (χ0n) is 10.5. The highest BCUT2D eigenvalue weighted by molar-refractivity contribution is 6.74. The third kappa shape index (κ3) is 5.89. The lowest BCUT2D eigenvalue weighted by molar-refractivity contribution is 0.130. The van der Waals surface area contributed by atoms with Crippen LogP contribution < -0.4 is 0 Å². The third-order valence-electron chi connectivity index (χ3n) is 2.95. The molecule has 0 unspecified atom stereocenters. The molecule has 0 rings (SSSR count). The van der Waals surface area contributed by atoms with Crippen molar-refractivity contribution in [3.63, 3.8) is 0 Å². The van der Waals surface area contributed by atoms with Crippen molar-refractivity contribution in [3.8, 4) is 0 Å². The quantitative estimate of drug-likeness (QED) is 0.293. The molecule has 4 nitrogen and oxygen atoms in total. The second kappa shape index (κ2) is 6.22. The Bertz CT molecular complexity index is 190. The predicted octanol–water partition coefficient (Wildman–Crippen LogP) is 3.49. The zero-order valence-corrected chi connectivity index (χ0v) is 11.5. The van der Waals surface area contributed by atoms with Crippen LogP contribution in [0.4, 0.5) is 0 Å². The molecule has 0 heterocycles. The van der Waals surface area contributed by atoms with Gasteiger partial charge in [-0.05, 0) is 31.0 Å². The lowest BCUT2D eigenvalue weighted by Crippen LogP contribution is -2.40. The van der Waals surface area contributed by atoms with Crippen LogP contribution in [0.15, 0.2) is 5.34 Å². The van der Waals surface area contributed by atoms with Crippen molar-refractivity contribution in [1.82, 2.24) is 0 Å².